The van der Waals surface area contributed by atoms with Gasteiger partial charge in [0.1, 0.15) is 0 Å². The third kappa shape index (κ3) is 2.77. The van der Waals surface area contributed by atoms with E-state index in [1.165, 1.54) is 49.5 Å². The Balaban J connectivity index is 1.92. The maximum absolute atomic E-state index is 12.2. The van der Waals surface area contributed by atoms with Crippen molar-refractivity contribution >= 4 is 11.6 Å². The van der Waals surface area contributed by atoms with E-state index in [0.29, 0.717) is 29.2 Å². The molecule has 0 aromatic rings. The summed E-state index contributed by atoms with van der Waals surface area (Å²) in [6, 6.07) is 0. The van der Waals surface area contributed by atoms with Crippen molar-refractivity contribution in [2.45, 2.75) is 59.3 Å². The first-order valence-electron chi connectivity index (χ1n) is 8.89. The summed E-state index contributed by atoms with van der Waals surface area (Å²) < 4.78 is 0. The highest BCUT2D eigenvalue weighted by Crippen LogP contribution is 2.61. The Hall–Kier alpha value is -1.44. The molecule has 0 saturated heterocycles. The molecule has 3 aliphatic rings. The Bertz CT molecular complexity index is 620. The summed E-state index contributed by atoms with van der Waals surface area (Å²) in [5.41, 5.74) is 2.50. The fourth-order valence-corrected chi connectivity index (χ4v) is 5.59. The zero-order valence-corrected chi connectivity index (χ0v) is 14.7. The zero-order valence-electron chi connectivity index (χ0n) is 14.7. The van der Waals surface area contributed by atoms with Crippen LogP contribution in [0, 0.1) is 22.7 Å². The molecule has 0 aliphatic heterocycles. The molecule has 0 spiro atoms. The number of rotatable bonds is 2. The number of allylic oxidation sites excluding steroid dienone is 5. The molecular weight excluding hydrogens is 284 g/mol. The molecule has 0 radical (unpaired) electrons. The van der Waals surface area contributed by atoms with E-state index in [-0.39, 0.29) is 17.0 Å². The average Bonchev–Trinajstić information content (AvgIpc) is 2.45. The maximum Gasteiger partial charge on any atom is 0.182 e. The van der Waals surface area contributed by atoms with Crippen molar-refractivity contribution in [1.29, 1.82) is 0 Å². The lowest BCUT2D eigenvalue weighted by atomic mass is 9.47. The number of ketones is 2. The second-order valence-corrected chi connectivity index (χ2v) is 8.62. The minimum atomic E-state index is -0.0632. The van der Waals surface area contributed by atoms with Crippen LogP contribution in [0.15, 0.2) is 36.0 Å². The monoisotopic (exact) mass is 312 g/mol. The predicted molar refractivity (Wildman–Crippen MR) is 92.9 cm³/mol. The van der Waals surface area contributed by atoms with E-state index in [1.807, 2.05) is 0 Å². The van der Waals surface area contributed by atoms with E-state index < -0.39 is 0 Å². The number of carbonyl (C=O) groups excluding carboxylic acids is 2. The molecule has 3 rings (SSSR count). The molecule has 2 fully saturated rings. The lowest BCUT2D eigenvalue weighted by Gasteiger charge is -2.58. The van der Waals surface area contributed by atoms with Gasteiger partial charge in [-0.3, -0.25) is 9.59 Å². The van der Waals surface area contributed by atoms with Gasteiger partial charge in [0.05, 0.1) is 0 Å². The fraction of sp³-hybridized carbons (Fsp3) is 0.619. The number of hydrogen-bond donors (Lipinski definition) is 0. The van der Waals surface area contributed by atoms with E-state index in [0.717, 1.165) is 6.42 Å². The second kappa shape index (κ2) is 5.58. The second-order valence-electron chi connectivity index (χ2n) is 8.62. The zero-order chi connectivity index (χ0) is 16.8. The third-order valence-electron chi connectivity index (χ3n) is 6.77. The molecule has 3 atom stereocenters. The van der Waals surface area contributed by atoms with E-state index in [9.17, 15) is 9.59 Å². The number of hydrogen-bond acceptors (Lipinski definition) is 2. The van der Waals surface area contributed by atoms with Gasteiger partial charge in [-0.1, -0.05) is 39.3 Å². The van der Waals surface area contributed by atoms with Crippen molar-refractivity contribution in [2.75, 3.05) is 0 Å². The standard InChI is InChI=1S/C21H28O2/c1-14-6-9-19-20(2,3)10-5-11-21(19,4)17(14)13-15-12-16(22)7-8-18(15)23/h7-8,12,17,19H,1,5-6,9-11,13H2,2-4H3/t17-,19-,21+/m0/s1. The fourth-order valence-electron chi connectivity index (χ4n) is 5.59. The van der Waals surface area contributed by atoms with Crippen molar-refractivity contribution in [1.82, 2.24) is 0 Å². The summed E-state index contributed by atoms with van der Waals surface area (Å²) in [7, 11) is 0. The highest BCUT2D eigenvalue weighted by molar-refractivity contribution is 6.17. The molecule has 2 saturated carbocycles. The SMILES string of the molecule is C=C1CC[C@H]2C(C)(C)CCC[C@]2(C)[C@H]1CC1=CC(=O)C=CC1=O. The highest BCUT2D eigenvalue weighted by atomic mass is 16.1. The van der Waals surface area contributed by atoms with Gasteiger partial charge in [-0.05, 0) is 73.0 Å². The normalized spacial score (nSPS) is 36.7. The quantitative estimate of drug-likeness (QED) is 0.541. The summed E-state index contributed by atoms with van der Waals surface area (Å²) in [6.07, 6.45) is 11.0. The van der Waals surface area contributed by atoms with Crippen LogP contribution in [0.3, 0.4) is 0 Å². The summed E-state index contributed by atoms with van der Waals surface area (Å²) in [6.45, 7) is 11.6. The topological polar surface area (TPSA) is 34.1 Å². The minimum Gasteiger partial charge on any atom is -0.290 e. The molecule has 0 N–H and O–H groups in total. The van der Waals surface area contributed by atoms with Crippen molar-refractivity contribution < 1.29 is 9.59 Å². The van der Waals surface area contributed by atoms with Crippen LogP contribution in [0.5, 0.6) is 0 Å². The van der Waals surface area contributed by atoms with Crippen molar-refractivity contribution in [3.8, 4) is 0 Å². The number of carbonyl (C=O) groups is 2. The molecule has 0 aromatic carbocycles. The summed E-state index contributed by atoms with van der Waals surface area (Å²) in [4.78, 5) is 23.8. The van der Waals surface area contributed by atoms with Gasteiger partial charge >= 0.3 is 0 Å². The molecule has 23 heavy (non-hydrogen) atoms. The van der Waals surface area contributed by atoms with E-state index >= 15 is 0 Å². The van der Waals surface area contributed by atoms with E-state index in [4.69, 9.17) is 0 Å². The lowest BCUT2D eigenvalue weighted by Crippen LogP contribution is -2.49. The van der Waals surface area contributed by atoms with Crippen LogP contribution < -0.4 is 0 Å². The molecule has 2 nitrogen and oxygen atoms in total. The summed E-state index contributed by atoms with van der Waals surface area (Å²) >= 11 is 0. The van der Waals surface area contributed by atoms with Crippen LogP contribution in [0.2, 0.25) is 0 Å². The van der Waals surface area contributed by atoms with E-state index in [2.05, 4.69) is 27.4 Å². The lowest BCUT2D eigenvalue weighted by molar-refractivity contribution is -0.115. The first-order chi connectivity index (χ1) is 10.7. The molecule has 0 unspecified atom stereocenters. The molecular formula is C21H28O2. The van der Waals surface area contributed by atoms with Crippen molar-refractivity contribution in [3.05, 3.63) is 36.0 Å². The van der Waals surface area contributed by atoms with Crippen molar-refractivity contribution in [3.63, 3.8) is 0 Å². The van der Waals surface area contributed by atoms with E-state index in [1.54, 1.807) is 0 Å². The van der Waals surface area contributed by atoms with Gasteiger partial charge in [-0.2, -0.15) is 0 Å². The van der Waals surface area contributed by atoms with Gasteiger partial charge in [-0.15, -0.1) is 0 Å². The van der Waals surface area contributed by atoms with Crippen LogP contribution in [0.4, 0.5) is 0 Å². The Labute approximate surface area is 139 Å². The molecule has 0 aromatic heterocycles. The summed E-state index contributed by atoms with van der Waals surface area (Å²) in [5, 5.41) is 0. The first kappa shape index (κ1) is 16.4. The van der Waals surface area contributed by atoms with Crippen molar-refractivity contribution in [2.24, 2.45) is 22.7 Å². The summed E-state index contributed by atoms with van der Waals surface area (Å²) in [5.74, 6) is 0.921. The van der Waals surface area contributed by atoms with Gasteiger partial charge < -0.3 is 0 Å². The highest BCUT2D eigenvalue weighted by Gasteiger charge is 2.52. The van der Waals surface area contributed by atoms with Gasteiger partial charge in [0.2, 0.25) is 0 Å². The average molecular weight is 312 g/mol. The molecule has 124 valence electrons. The van der Waals surface area contributed by atoms with Crippen LogP contribution in [-0.2, 0) is 9.59 Å². The molecule has 0 bridgehead atoms. The largest absolute Gasteiger partial charge is 0.290 e. The van der Waals surface area contributed by atoms with Gasteiger partial charge in [0.25, 0.3) is 0 Å². The van der Waals surface area contributed by atoms with Gasteiger partial charge in [-0.25, -0.2) is 0 Å². The molecule has 2 heteroatoms. The Morgan fingerprint density at radius 2 is 1.91 bits per heavy atom. The predicted octanol–water partition coefficient (Wildman–Crippen LogP) is 4.81. The Morgan fingerprint density at radius 1 is 1.17 bits per heavy atom. The number of fused-ring (bicyclic) bond motifs is 1. The first-order valence-corrected chi connectivity index (χ1v) is 8.89. The van der Waals surface area contributed by atoms with Gasteiger partial charge in [0.15, 0.2) is 11.6 Å². The van der Waals surface area contributed by atoms with Crippen LogP contribution in [0.1, 0.15) is 59.3 Å². The minimum absolute atomic E-state index is 0.00167. The smallest absolute Gasteiger partial charge is 0.182 e. The Kier molecular flexibility index (Phi) is 3.98. The van der Waals surface area contributed by atoms with Gasteiger partial charge in [0, 0.05) is 5.57 Å². The van der Waals surface area contributed by atoms with Crippen LogP contribution in [-0.4, -0.2) is 11.6 Å². The Morgan fingerprint density at radius 3 is 2.65 bits per heavy atom. The molecule has 0 heterocycles. The van der Waals surface area contributed by atoms with Crippen LogP contribution in [0.25, 0.3) is 0 Å². The molecule has 3 aliphatic carbocycles. The molecule has 0 amide bonds. The van der Waals surface area contributed by atoms with Crippen LogP contribution >= 0.6 is 0 Å². The maximum atomic E-state index is 12.2. The third-order valence-corrected chi connectivity index (χ3v) is 6.77.